The molecule has 5 heteroatoms. The van der Waals surface area contributed by atoms with Crippen molar-refractivity contribution in [1.82, 2.24) is 5.32 Å². The molecule has 1 aliphatic rings. The number of carbonyl (C=O) groups excluding carboxylic acids is 1. The van der Waals surface area contributed by atoms with Crippen LogP contribution in [-0.2, 0) is 4.79 Å². The van der Waals surface area contributed by atoms with Crippen LogP contribution in [0, 0.1) is 0 Å². The molecule has 0 spiro atoms. The number of carbonyl (C=O) groups is 1. The maximum absolute atomic E-state index is 12.3. The van der Waals surface area contributed by atoms with Crippen LogP contribution < -0.4 is 19.5 Å². The van der Waals surface area contributed by atoms with Gasteiger partial charge in [-0.2, -0.15) is 0 Å². The minimum Gasteiger partial charge on any atom is -0.493 e. The summed E-state index contributed by atoms with van der Waals surface area (Å²) >= 11 is 0. The molecule has 1 unspecified atom stereocenters. The zero-order valence-electron chi connectivity index (χ0n) is 14.4. The van der Waals surface area contributed by atoms with Gasteiger partial charge in [-0.25, -0.2) is 0 Å². The lowest BCUT2D eigenvalue weighted by atomic mass is 10.0. The molecule has 1 aliphatic heterocycles. The van der Waals surface area contributed by atoms with Gasteiger partial charge in [0, 0.05) is 12.0 Å². The summed E-state index contributed by atoms with van der Waals surface area (Å²) in [5.41, 5.74) is 1.01. The van der Waals surface area contributed by atoms with Crippen LogP contribution in [0.1, 0.15) is 31.4 Å². The van der Waals surface area contributed by atoms with Crippen LogP contribution in [0.15, 0.2) is 48.5 Å². The highest BCUT2D eigenvalue weighted by Crippen LogP contribution is 2.31. The van der Waals surface area contributed by atoms with E-state index < -0.39 is 0 Å². The molecular formula is C20H23NO4. The van der Waals surface area contributed by atoms with Crippen LogP contribution >= 0.6 is 0 Å². The van der Waals surface area contributed by atoms with Gasteiger partial charge in [0.1, 0.15) is 5.75 Å². The second-order valence-corrected chi connectivity index (χ2v) is 5.88. The standard InChI is InChI=1S/C20H23NO4/c1-2-12-23-18-9-5-6-10-19(18)25-14-20(22)21-16-11-13-24-17-8-4-3-7-15(16)17/h3-10,16H,2,11-14H2,1H3,(H,21,22). The van der Waals surface area contributed by atoms with Crippen LogP contribution in [0.5, 0.6) is 17.2 Å². The summed E-state index contributed by atoms with van der Waals surface area (Å²) in [6, 6.07) is 15.1. The Kier molecular flexibility index (Phi) is 5.77. The summed E-state index contributed by atoms with van der Waals surface area (Å²) in [7, 11) is 0. The Labute approximate surface area is 147 Å². The van der Waals surface area contributed by atoms with E-state index >= 15 is 0 Å². The zero-order chi connectivity index (χ0) is 17.5. The molecule has 2 aromatic carbocycles. The van der Waals surface area contributed by atoms with E-state index in [9.17, 15) is 4.79 Å². The number of rotatable bonds is 7. The third kappa shape index (κ3) is 4.44. The fourth-order valence-electron chi connectivity index (χ4n) is 2.77. The summed E-state index contributed by atoms with van der Waals surface area (Å²) < 4.78 is 16.9. The molecule has 1 atom stereocenters. The fraction of sp³-hybridized carbons (Fsp3) is 0.350. The van der Waals surface area contributed by atoms with Gasteiger partial charge < -0.3 is 19.5 Å². The van der Waals surface area contributed by atoms with E-state index in [-0.39, 0.29) is 18.6 Å². The van der Waals surface area contributed by atoms with Crippen molar-refractivity contribution >= 4 is 5.91 Å². The molecule has 5 nitrogen and oxygen atoms in total. The second kappa shape index (κ2) is 8.42. The van der Waals surface area contributed by atoms with Crippen LogP contribution in [0.2, 0.25) is 0 Å². The molecule has 1 N–H and O–H groups in total. The number of nitrogens with one attached hydrogen (secondary N) is 1. The van der Waals surface area contributed by atoms with Crippen molar-refractivity contribution in [3.8, 4) is 17.2 Å². The Bertz CT molecular complexity index is 716. The van der Waals surface area contributed by atoms with Gasteiger partial charge in [0.15, 0.2) is 18.1 Å². The van der Waals surface area contributed by atoms with Gasteiger partial charge in [-0.15, -0.1) is 0 Å². The van der Waals surface area contributed by atoms with Crippen LogP contribution in [0.25, 0.3) is 0 Å². The molecule has 0 aromatic heterocycles. The first-order chi connectivity index (χ1) is 12.3. The Balaban J connectivity index is 1.58. The summed E-state index contributed by atoms with van der Waals surface area (Å²) in [6.07, 6.45) is 1.66. The van der Waals surface area contributed by atoms with E-state index in [1.165, 1.54) is 0 Å². The number of hydrogen-bond acceptors (Lipinski definition) is 4. The molecule has 0 fully saturated rings. The highest BCUT2D eigenvalue weighted by atomic mass is 16.5. The van der Waals surface area contributed by atoms with Gasteiger partial charge in [0.05, 0.1) is 19.3 Å². The Hall–Kier alpha value is -2.69. The van der Waals surface area contributed by atoms with E-state index in [1.807, 2.05) is 55.5 Å². The molecule has 0 saturated heterocycles. The molecule has 0 bridgehead atoms. The number of ether oxygens (including phenoxy) is 3. The Morgan fingerprint density at radius 1 is 1.12 bits per heavy atom. The van der Waals surface area contributed by atoms with Crippen LogP contribution in [-0.4, -0.2) is 25.7 Å². The maximum atomic E-state index is 12.3. The number of hydrogen-bond donors (Lipinski definition) is 1. The quantitative estimate of drug-likeness (QED) is 0.837. The lowest BCUT2D eigenvalue weighted by molar-refractivity contribution is -0.124. The largest absolute Gasteiger partial charge is 0.493 e. The molecule has 132 valence electrons. The van der Waals surface area contributed by atoms with Gasteiger partial charge in [0.2, 0.25) is 0 Å². The Morgan fingerprint density at radius 2 is 1.84 bits per heavy atom. The molecular weight excluding hydrogens is 318 g/mol. The minimum atomic E-state index is -0.160. The van der Waals surface area contributed by atoms with Gasteiger partial charge in [-0.05, 0) is 24.6 Å². The van der Waals surface area contributed by atoms with Crippen molar-refractivity contribution in [1.29, 1.82) is 0 Å². The summed E-state index contributed by atoms with van der Waals surface area (Å²) in [6.45, 7) is 3.20. The molecule has 1 amide bonds. The zero-order valence-corrected chi connectivity index (χ0v) is 14.4. The highest BCUT2D eigenvalue weighted by molar-refractivity contribution is 5.78. The Morgan fingerprint density at radius 3 is 2.64 bits per heavy atom. The van der Waals surface area contributed by atoms with Gasteiger partial charge >= 0.3 is 0 Å². The first kappa shape index (κ1) is 17.1. The molecule has 0 aliphatic carbocycles. The monoisotopic (exact) mass is 341 g/mol. The lowest BCUT2D eigenvalue weighted by Crippen LogP contribution is -2.35. The van der Waals surface area contributed by atoms with Crippen LogP contribution in [0.4, 0.5) is 0 Å². The maximum Gasteiger partial charge on any atom is 0.258 e. The van der Waals surface area contributed by atoms with E-state index in [0.29, 0.717) is 24.7 Å². The SMILES string of the molecule is CCCOc1ccccc1OCC(=O)NC1CCOc2ccccc21. The van der Waals surface area contributed by atoms with Crippen molar-refractivity contribution in [3.63, 3.8) is 0 Å². The van der Waals surface area contributed by atoms with Crippen LogP contribution in [0.3, 0.4) is 0 Å². The number of fused-ring (bicyclic) bond motifs is 1. The van der Waals surface area contributed by atoms with Gasteiger partial charge in [0.25, 0.3) is 5.91 Å². The third-order valence-electron chi connectivity index (χ3n) is 3.96. The number of amides is 1. The van der Waals surface area contributed by atoms with Crippen molar-refractivity contribution in [2.75, 3.05) is 19.8 Å². The summed E-state index contributed by atoms with van der Waals surface area (Å²) in [5, 5.41) is 3.02. The van der Waals surface area contributed by atoms with Gasteiger partial charge in [-0.3, -0.25) is 4.79 Å². The smallest absolute Gasteiger partial charge is 0.258 e. The molecule has 1 heterocycles. The van der Waals surface area contributed by atoms with E-state index in [0.717, 1.165) is 24.2 Å². The van der Waals surface area contributed by atoms with E-state index in [2.05, 4.69) is 5.32 Å². The second-order valence-electron chi connectivity index (χ2n) is 5.88. The molecule has 0 saturated carbocycles. The predicted molar refractivity (Wildman–Crippen MR) is 95.2 cm³/mol. The average molecular weight is 341 g/mol. The normalized spacial score (nSPS) is 15.6. The topological polar surface area (TPSA) is 56.8 Å². The summed E-state index contributed by atoms with van der Waals surface area (Å²) in [5.74, 6) is 1.91. The van der Waals surface area contributed by atoms with Crippen molar-refractivity contribution in [2.45, 2.75) is 25.8 Å². The number of para-hydroxylation sites is 3. The summed E-state index contributed by atoms with van der Waals surface area (Å²) in [4.78, 5) is 12.3. The molecule has 25 heavy (non-hydrogen) atoms. The third-order valence-corrected chi connectivity index (χ3v) is 3.96. The van der Waals surface area contributed by atoms with Crippen molar-refractivity contribution in [2.24, 2.45) is 0 Å². The average Bonchev–Trinajstić information content (AvgIpc) is 2.65. The molecule has 2 aromatic rings. The number of benzene rings is 2. The predicted octanol–water partition coefficient (Wildman–Crippen LogP) is 3.49. The molecule has 3 rings (SSSR count). The van der Waals surface area contributed by atoms with E-state index in [4.69, 9.17) is 14.2 Å². The first-order valence-electron chi connectivity index (χ1n) is 8.63. The first-order valence-corrected chi connectivity index (χ1v) is 8.63. The van der Waals surface area contributed by atoms with Gasteiger partial charge in [-0.1, -0.05) is 37.3 Å². The minimum absolute atomic E-state index is 0.0485. The van der Waals surface area contributed by atoms with E-state index in [1.54, 1.807) is 0 Å². The fourth-order valence-corrected chi connectivity index (χ4v) is 2.77. The lowest BCUT2D eigenvalue weighted by Gasteiger charge is -2.26. The highest BCUT2D eigenvalue weighted by Gasteiger charge is 2.22. The van der Waals surface area contributed by atoms with Crippen molar-refractivity contribution in [3.05, 3.63) is 54.1 Å². The van der Waals surface area contributed by atoms with Crippen molar-refractivity contribution < 1.29 is 19.0 Å². The molecule has 0 radical (unpaired) electrons.